The Hall–Kier alpha value is -2.21. The van der Waals surface area contributed by atoms with Crippen LogP contribution >= 0.6 is 0 Å². The van der Waals surface area contributed by atoms with Crippen molar-refractivity contribution in [3.8, 4) is 0 Å². The average Bonchev–Trinajstić information content (AvgIpc) is 2.99. The molecule has 1 saturated heterocycles. The number of rotatable bonds is 5. The van der Waals surface area contributed by atoms with Gasteiger partial charge < -0.3 is 10.2 Å². The van der Waals surface area contributed by atoms with Crippen molar-refractivity contribution >= 4 is 11.7 Å². The Morgan fingerprint density at radius 2 is 2.29 bits per heavy atom. The number of likely N-dealkylation sites (tertiary alicyclic amines) is 1. The van der Waals surface area contributed by atoms with Crippen LogP contribution in [0.5, 0.6) is 0 Å². The molecule has 1 aliphatic rings. The molecule has 24 heavy (non-hydrogen) atoms. The van der Waals surface area contributed by atoms with Crippen LogP contribution in [0.4, 0.5) is 5.82 Å². The first kappa shape index (κ1) is 16.6. The van der Waals surface area contributed by atoms with Gasteiger partial charge in [-0.15, -0.1) is 0 Å². The summed E-state index contributed by atoms with van der Waals surface area (Å²) in [6.07, 6.45) is 6.95. The number of amides is 1. The third-order valence-electron chi connectivity index (χ3n) is 4.49. The third kappa shape index (κ3) is 4.41. The summed E-state index contributed by atoms with van der Waals surface area (Å²) in [5.41, 5.74) is 2.16. The molecule has 128 valence electrons. The molecule has 1 aliphatic heterocycles. The number of aromatic nitrogens is 3. The van der Waals surface area contributed by atoms with Gasteiger partial charge in [0.15, 0.2) is 0 Å². The van der Waals surface area contributed by atoms with E-state index >= 15 is 0 Å². The largest absolute Gasteiger partial charge is 0.310 e. The molecule has 2 aromatic heterocycles. The highest BCUT2D eigenvalue weighted by atomic mass is 16.2. The molecule has 0 aliphatic carbocycles. The van der Waals surface area contributed by atoms with E-state index in [4.69, 9.17) is 0 Å². The fraction of sp³-hybridized carbons (Fsp3) is 0.500. The maximum Gasteiger partial charge on any atom is 0.229 e. The van der Waals surface area contributed by atoms with Crippen molar-refractivity contribution in [2.75, 3.05) is 25.0 Å². The van der Waals surface area contributed by atoms with Crippen LogP contribution in [0.25, 0.3) is 0 Å². The van der Waals surface area contributed by atoms with E-state index in [1.807, 2.05) is 43.0 Å². The standard InChI is InChI=1S/C18H25N5O/c1-14-5-3-7-17(20-14)21-18(24)16-6-4-9-23(13-16)10-8-15-11-19-22(2)12-15/h3,5,7,11-12,16H,4,6,8-10,13H2,1-2H3,(H,20,21,24). The van der Waals surface area contributed by atoms with E-state index in [9.17, 15) is 4.79 Å². The molecule has 3 heterocycles. The van der Waals surface area contributed by atoms with Crippen molar-refractivity contribution < 1.29 is 4.79 Å². The summed E-state index contributed by atoms with van der Waals surface area (Å²) in [4.78, 5) is 19.2. The van der Waals surface area contributed by atoms with E-state index in [2.05, 4.69) is 26.5 Å². The van der Waals surface area contributed by atoms with E-state index in [1.54, 1.807) is 0 Å². The fourth-order valence-corrected chi connectivity index (χ4v) is 3.20. The molecule has 1 amide bonds. The van der Waals surface area contributed by atoms with Gasteiger partial charge in [0.05, 0.1) is 12.1 Å². The Balaban J connectivity index is 1.51. The third-order valence-corrected chi connectivity index (χ3v) is 4.49. The second kappa shape index (κ2) is 7.57. The Kier molecular flexibility index (Phi) is 5.25. The Morgan fingerprint density at radius 1 is 1.42 bits per heavy atom. The lowest BCUT2D eigenvalue weighted by atomic mass is 9.97. The molecule has 3 rings (SSSR count). The van der Waals surface area contributed by atoms with Crippen molar-refractivity contribution in [1.82, 2.24) is 19.7 Å². The summed E-state index contributed by atoms with van der Waals surface area (Å²) in [6, 6.07) is 5.68. The monoisotopic (exact) mass is 327 g/mol. The van der Waals surface area contributed by atoms with Gasteiger partial charge in [-0.1, -0.05) is 6.07 Å². The van der Waals surface area contributed by atoms with Crippen LogP contribution in [0.2, 0.25) is 0 Å². The van der Waals surface area contributed by atoms with Crippen molar-refractivity contribution in [3.63, 3.8) is 0 Å². The number of nitrogens with one attached hydrogen (secondary N) is 1. The summed E-state index contributed by atoms with van der Waals surface area (Å²) in [5, 5.41) is 7.16. The second-order valence-electron chi connectivity index (χ2n) is 6.57. The van der Waals surface area contributed by atoms with E-state index < -0.39 is 0 Å². The highest BCUT2D eigenvalue weighted by molar-refractivity contribution is 5.91. The van der Waals surface area contributed by atoms with Gasteiger partial charge in [0.2, 0.25) is 5.91 Å². The number of carbonyl (C=O) groups excluding carboxylic acids is 1. The molecular weight excluding hydrogens is 302 g/mol. The van der Waals surface area contributed by atoms with E-state index in [0.717, 1.165) is 44.6 Å². The maximum absolute atomic E-state index is 12.5. The summed E-state index contributed by atoms with van der Waals surface area (Å²) in [7, 11) is 1.93. The van der Waals surface area contributed by atoms with Crippen molar-refractivity contribution in [2.24, 2.45) is 13.0 Å². The minimum Gasteiger partial charge on any atom is -0.310 e. The number of pyridine rings is 1. The fourth-order valence-electron chi connectivity index (χ4n) is 3.20. The van der Waals surface area contributed by atoms with E-state index in [-0.39, 0.29) is 11.8 Å². The van der Waals surface area contributed by atoms with E-state index in [0.29, 0.717) is 5.82 Å². The molecule has 0 aromatic carbocycles. The van der Waals surface area contributed by atoms with Crippen LogP contribution in [-0.2, 0) is 18.3 Å². The number of nitrogens with zero attached hydrogens (tertiary/aromatic N) is 4. The lowest BCUT2D eigenvalue weighted by Crippen LogP contribution is -2.41. The minimum atomic E-state index is 0.0370. The Morgan fingerprint density at radius 3 is 3.04 bits per heavy atom. The summed E-state index contributed by atoms with van der Waals surface area (Å²) in [5.74, 6) is 0.765. The topological polar surface area (TPSA) is 63.1 Å². The molecular formula is C18H25N5O. The molecule has 0 spiro atoms. The molecule has 6 heteroatoms. The van der Waals surface area contributed by atoms with Gasteiger partial charge in [-0.2, -0.15) is 5.10 Å². The Bertz CT molecular complexity index is 696. The van der Waals surface area contributed by atoms with Crippen molar-refractivity contribution in [1.29, 1.82) is 0 Å². The van der Waals surface area contributed by atoms with Crippen LogP contribution in [0.15, 0.2) is 30.6 Å². The van der Waals surface area contributed by atoms with Gasteiger partial charge in [0.1, 0.15) is 5.82 Å². The van der Waals surface area contributed by atoms with Crippen molar-refractivity contribution in [3.05, 3.63) is 41.9 Å². The zero-order valence-electron chi connectivity index (χ0n) is 14.4. The summed E-state index contributed by atoms with van der Waals surface area (Å²) < 4.78 is 1.83. The van der Waals surface area contributed by atoms with Crippen LogP contribution in [0.1, 0.15) is 24.1 Å². The van der Waals surface area contributed by atoms with Gasteiger partial charge in [-0.3, -0.25) is 9.48 Å². The van der Waals surface area contributed by atoms with Crippen LogP contribution in [0.3, 0.4) is 0 Å². The quantitative estimate of drug-likeness (QED) is 0.912. The minimum absolute atomic E-state index is 0.0370. The average molecular weight is 327 g/mol. The number of piperidine rings is 1. The lowest BCUT2D eigenvalue weighted by Gasteiger charge is -2.31. The number of aryl methyl sites for hydroxylation is 2. The molecule has 6 nitrogen and oxygen atoms in total. The van der Waals surface area contributed by atoms with Gasteiger partial charge in [0, 0.05) is 32.0 Å². The summed E-state index contributed by atoms with van der Waals surface area (Å²) >= 11 is 0. The van der Waals surface area contributed by atoms with Crippen LogP contribution in [-0.4, -0.2) is 45.2 Å². The maximum atomic E-state index is 12.5. The molecule has 0 radical (unpaired) electrons. The molecule has 0 bridgehead atoms. The Labute approximate surface area is 142 Å². The highest BCUT2D eigenvalue weighted by Gasteiger charge is 2.25. The van der Waals surface area contributed by atoms with Gasteiger partial charge in [0.25, 0.3) is 0 Å². The van der Waals surface area contributed by atoms with Gasteiger partial charge >= 0.3 is 0 Å². The predicted octanol–water partition coefficient (Wildman–Crippen LogP) is 2.02. The molecule has 1 N–H and O–H groups in total. The molecule has 2 aromatic rings. The van der Waals surface area contributed by atoms with E-state index in [1.165, 1.54) is 5.56 Å². The normalized spacial score (nSPS) is 18.5. The number of hydrogen-bond acceptors (Lipinski definition) is 4. The highest BCUT2D eigenvalue weighted by Crippen LogP contribution is 2.19. The molecule has 1 unspecified atom stereocenters. The first-order valence-corrected chi connectivity index (χ1v) is 8.54. The number of anilines is 1. The zero-order valence-corrected chi connectivity index (χ0v) is 14.4. The smallest absolute Gasteiger partial charge is 0.229 e. The molecule has 1 atom stereocenters. The lowest BCUT2D eigenvalue weighted by molar-refractivity contribution is -0.121. The second-order valence-corrected chi connectivity index (χ2v) is 6.57. The first-order valence-electron chi connectivity index (χ1n) is 8.54. The SMILES string of the molecule is Cc1cccc(NC(=O)C2CCCN(CCc3cnn(C)c3)C2)n1. The number of carbonyl (C=O) groups is 1. The zero-order chi connectivity index (χ0) is 16.9. The van der Waals surface area contributed by atoms with Gasteiger partial charge in [-0.05, 0) is 50.4 Å². The van der Waals surface area contributed by atoms with Crippen LogP contribution < -0.4 is 5.32 Å². The molecule has 0 saturated carbocycles. The first-order chi connectivity index (χ1) is 11.6. The van der Waals surface area contributed by atoms with Gasteiger partial charge in [-0.25, -0.2) is 4.98 Å². The van der Waals surface area contributed by atoms with Crippen molar-refractivity contribution in [2.45, 2.75) is 26.2 Å². The molecule has 1 fully saturated rings. The summed E-state index contributed by atoms with van der Waals surface area (Å²) in [6.45, 7) is 4.78. The van der Waals surface area contributed by atoms with Crippen LogP contribution in [0, 0.1) is 12.8 Å². The predicted molar refractivity (Wildman–Crippen MR) is 93.7 cm³/mol. The number of hydrogen-bond donors (Lipinski definition) is 1.